The molecule has 1 aliphatic heterocycles. The number of oxime groups is 1. The Kier molecular flexibility index (Phi) is 3.87. The van der Waals surface area contributed by atoms with Crippen LogP contribution < -0.4 is 0 Å². The smallest absolute Gasteiger partial charge is 0.257 e. The molecule has 0 aliphatic carbocycles. The van der Waals surface area contributed by atoms with E-state index in [1.807, 2.05) is 25.8 Å². The fraction of sp³-hybridized carbons (Fsp3) is 0.615. The number of hydrogen-bond acceptors (Lipinski definition) is 4. The van der Waals surface area contributed by atoms with Crippen molar-refractivity contribution in [3.8, 4) is 0 Å². The van der Waals surface area contributed by atoms with E-state index in [1.165, 1.54) is 0 Å². The molecule has 104 valence electrons. The molecule has 1 saturated heterocycles. The molecule has 0 radical (unpaired) electrons. The first-order chi connectivity index (χ1) is 9.06. The summed E-state index contributed by atoms with van der Waals surface area (Å²) >= 11 is 0. The van der Waals surface area contributed by atoms with Crippen LogP contribution in [0.4, 0.5) is 0 Å². The molecule has 6 heteroatoms. The number of amides is 1. The molecule has 0 saturated carbocycles. The largest absolute Gasteiger partial charge is 0.411 e. The van der Waals surface area contributed by atoms with Gasteiger partial charge in [0, 0.05) is 38.7 Å². The van der Waals surface area contributed by atoms with Crippen molar-refractivity contribution < 1.29 is 10.0 Å². The number of likely N-dealkylation sites (tertiary alicyclic amines) is 1. The molecular weight excluding hydrogens is 244 g/mol. The van der Waals surface area contributed by atoms with Gasteiger partial charge in [0.15, 0.2) is 0 Å². The van der Waals surface area contributed by atoms with Crippen molar-refractivity contribution >= 4 is 11.6 Å². The predicted octanol–water partition coefficient (Wildman–Crippen LogP) is 1.29. The van der Waals surface area contributed by atoms with Crippen LogP contribution in [-0.2, 0) is 13.5 Å². The number of nitrogens with zero attached hydrogens (tertiary/aromatic N) is 4. The number of hydrogen-bond donors (Lipinski definition) is 1. The molecule has 1 fully saturated rings. The molecule has 6 nitrogen and oxygen atoms in total. The fourth-order valence-electron chi connectivity index (χ4n) is 2.50. The van der Waals surface area contributed by atoms with Crippen molar-refractivity contribution in [3.63, 3.8) is 0 Å². The van der Waals surface area contributed by atoms with Crippen molar-refractivity contribution in [2.75, 3.05) is 13.1 Å². The first-order valence-corrected chi connectivity index (χ1v) is 6.59. The summed E-state index contributed by atoms with van der Waals surface area (Å²) in [6.45, 7) is 5.16. The van der Waals surface area contributed by atoms with Crippen LogP contribution in [0.15, 0.2) is 11.4 Å². The zero-order valence-corrected chi connectivity index (χ0v) is 11.6. The second kappa shape index (κ2) is 5.42. The number of rotatable bonds is 2. The third kappa shape index (κ3) is 2.62. The molecule has 0 aromatic carbocycles. The van der Waals surface area contributed by atoms with Gasteiger partial charge in [-0.05, 0) is 6.42 Å². The molecule has 1 aromatic rings. The van der Waals surface area contributed by atoms with E-state index < -0.39 is 0 Å². The van der Waals surface area contributed by atoms with Gasteiger partial charge in [-0.15, -0.1) is 0 Å². The molecule has 1 aliphatic rings. The lowest BCUT2D eigenvalue weighted by atomic mass is 9.97. The van der Waals surface area contributed by atoms with Gasteiger partial charge in [-0.25, -0.2) is 0 Å². The van der Waals surface area contributed by atoms with Crippen LogP contribution in [0.25, 0.3) is 0 Å². The maximum absolute atomic E-state index is 12.5. The lowest BCUT2D eigenvalue weighted by molar-refractivity contribution is 0.0733. The summed E-state index contributed by atoms with van der Waals surface area (Å²) in [4.78, 5) is 14.3. The van der Waals surface area contributed by atoms with Gasteiger partial charge < -0.3 is 10.1 Å². The van der Waals surface area contributed by atoms with Crippen molar-refractivity contribution in [2.45, 2.75) is 26.7 Å². The number of carbonyl (C=O) groups is 1. The van der Waals surface area contributed by atoms with Crippen LogP contribution >= 0.6 is 0 Å². The van der Waals surface area contributed by atoms with Crippen LogP contribution in [0.1, 0.15) is 36.3 Å². The molecule has 1 N–H and O–H groups in total. The molecule has 1 unspecified atom stereocenters. The van der Waals surface area contributed by atoms with Gasteiger partial charge in [0.05, 0.1) is 17.0 Å². The Balaban J connectivity index is 2.16. The quantitative estimate of drug-likeness (QED) is 0.646. The Labute approximate surface area is 112 Å². The van der Waals surface area contributed by atoms with Crippen LogP contribution in [-0.4, -0.2) is 44.6 Å². The lowest BCUT2D eigenvalue weighted by Crippen LogP contribution is -2.43. The summed E-state index contributed by atoms with van der Waals surface area (Å²) in [6.07, 6.45) is 3.15. The summed E-state index contributed by atoms with van der Waals surface area (Å²) in [7, 11) is 1.82. The zero-order valence-electron chi connectivity index (χ0n) is 11.6. The van der Waals surface area contributed by atoms with E-state index in [1.54, 1.807) is 10.9 Å². The minimum absolute atomic E-state index is 0.0220. The van der Waals surface area contributed by atoms with Crippen molar-refractivity contribution in [1.82, 2.24) is 14.7 Å². The number of piperidine rings is 1. The monoisotopic (exact) mass is 264 g/mol. The number of aryl methyl sites for hydroxylation is 2. The van der Waals surface area contributed by atoms with Crippen LogP contribution in [0, 0.1) is 5.92 Å². The van der Waals surface area contributed by atoms with Crippen LogP contribution in [0.2, 0.25) is 0 Å². The van der Waals surface area contributed by atoms with Crippen LogP contribution in [0.3, 0.4) is 0 Å². The highest BCUT2D eigenvalue weighted by Gasteiger charge is 2.28. The van der Waals surface area contributed by atoms with Crippen LogP contribution in [0.5, 0.6) is 0 Å². The van der Waals surface area contributed by atoms with Gasteiger partial charge in [-0.2, -0.15) is 5.10 Å². The third-order valence-electron chi connectivity index (χ3n) is 3.59. The predicted molar refractivity (Wildman–Crippen MR) is 71.5 cm³/mol. The lowest BCUT2D eigenvalue weighted by Gasteiger charge is -2.31. The fourth-order valence-corrected chi connectivity index (χ4v) is 2.50. The molecule has 1 amide bonds. The van der Waals surface area contributed by atoms with Crippen molar-refractivity contribution in [1.29, 1.82) is 0 Å². The molecular formula is C13H20N4O2. The second-order valence-corrected chi connectivity index (χ2v) is 5.01. The summed E-state index contributed by atoms with van der Waals surface area (Å²) in [5, 5.41) is 16.5. The minimum atomic E-state index is 0.0220. The summed E-state index contributed by atoms with van der Waals surface area (Å²) in [5.41, 5.74) is 2.29. The minimum Gasteiger partial charge on any atom is -0.411 e. The zero-order chi connectivity index (χ0) is 14.0. The summed E-state index contributed by atoms with van der Waals surface area (Å²) in [5.74, 6) is 0.123. The Bertz CT molecular complexity index is 507. The average Bonchev–Trinajstić information content (AvgIpc) is 2.79. The SMILES string of the molecule is CCc1nn(C)cc1C(=O)N1CC/C(=N/O)C(C)C1. The first kappa shape index (κ1) is 13.6. The van der Waals surface area contributed by atoms with E-state index in [4.69, 9.17) is 5.21 Å². The van der Waals surface area contributed by atoms with E-state index in [2.05, 4.69) is 10.3 Å². The van der Waals surface area contributed by atoms with E-state index in [0.717, 1.165) is 17.8 Å². The Morgan fingerprint density at radius 3 is 2.95 bits per heavy atom. The molecule has 0 spiro atoms. The van der Waals surface area contributed by atoms with Crippen molar-refractivity contribution in [2.24, 2.45) is 18.1 Å². The molecule has 19 heavy (non-hydrogen) atoms. The molecule has 1 aromatic heterocycles. The molecule has 2 rings (SSSR count). The third-order valence-corrected chi connectivity index (χ3v) is 3.59. The molecule has 2 heterocycles. The summed E-state index contributed by atoms with van der Waals surface area (Å²) < 4.78 is 1.68. The van der Waals surface area contributed by atoms with Gasteiger partial charge in [-0.3, -0.25) is 9.48 Å². The average molecular weight is 264 g/mol. The number of carbonyl (C=O) groups excluding carboxylic acids is 1. The number of aromatic nitrogens is 2. The highest BCUT2D eigenvalue weighted by atomic mass is 16.4. The Hall–Kier alpha value is -1.85. The van der Waals surface area contributed by atoms with Gasteiger partial charge in [0.2, 0.25) is 0 Å². The van der Waals surface area contributed by atoms with Gasteiger partial charge in [0.1, 0.15) is 0 Å². The maximum Gasteiger partial charge on any atom is 0.257 e. The summed E-state index contributed by atoms with van der Waals surface area (Å²) in [6, 6.07) is 0. The van der Waals surface area contributed by atoms with Gasteiger partial charge in [-0.1, -0.05) is 19.0 Å². The van der Waals surface area contributed by atoms with Gasteiger partial charge in [0.25, 0.3) is 5.91 Å². The topological polar surface area (TPSA) is 70.7 Å². The van der Waals surface area contributed by atoms with Crippen molar-refractivity contribution in [3.05, 3.63) is 17.5 Å². The van der Waals surface area contributed by atoms with E-state index >= 15 is 0 Å². The van der Waals surface area contributed by atoms with Gasteiger partial charge >= 0.3 is 0 Å². The standard InChI is InChI=1S/C13H20N4O2/c1-4-11-10(8-16(3)14-11)13(18)17-6-5-12(15-19)9(2)7-17/h8-9,19H,4-7H2,1-3H3/b15-12-. The molecule has 0 bridgehead atoms. The Morgan fingerprint density at radius 2 is 2.37 bits per heavy atom. The highest BCUT2D eigenvalue weighted by Crippen LogP contribution is 2.18. The maximum atomic E-state index is 12.5. The van der Waals surface area contributed by atoms with E-state index in [-0.39, 0.29) is 11.8 Å². The Morgan fingerprint density at radius 1 is 1.63 bits per heavy atom. The molecule has 1 atom stereocenters. The normalized spacial score (nSPS) is 21.9. The highest BCUT2D eigenvalue weighted by molar-refractivity contribution is 5.97. The van der Waals surface area contributed by atoms with E-state index in [9.17, 15) is 4.79 Å². The van der Waals surface area contributed by atoms with E-state index in [0.29, 0.717) is 25.1 Å². The second-order valence-electron chi connectivity index (χ2n) is 5.01. The first-order valence-electron chi connectivity index (χ1n) is 6.59.